The molecular weight excluding hydrogens is 584 g/mol. The normalized spacial score (nSPS) is 17.2. The number of nitrogens with zero attached hydrogens (tertiary/aromatic N) is 1. The second-order valence-electron chi connectivity index (χ2n) is 13.1. The quantitative estimate of drug-likeness (QED) is 0.171. The molecule has 2 heterocycles. The number of aromatic nitrogens is 3. The maximum atomic E-state index is 13.6. The Hall–Kier alpha value is -4.93. The summed E-state index contributed by atoms with van der Waals surface area (Å²) in [6, 6.07) is 14.1. The monoisotopic (exact) mass is 626 g/mol. The van der Waals surface area contributed by atoms with Crippen molar-refractivity contribution in [1.82, 2.24) is 25.8 Å². The lowest BCUT2D eigenvalue weighted by Crippen LogP contribution is -2.48. The molecule has 1 fully saturated rings. The van der Waals surface area contributed by atoms with E-state index in [2.05, 4.69) is 31.1 Å². The van der Waals surface area contributed by atoms with Crippen LogP contribution in [0.3, 0.4) is 0 Å². The molecule has 46 heavy (non-hydrogen) atoms. The van der Waals surface area contributed by atoms with Gasteiger partial charge in [-0.15, -0.1) is 0 Å². The highest BCUT2D eigenvalue weighted by Gasteiger charge is 2.30. The van der Waals surface area contributed by atoms with Crippen LogP contribution in [0.2, 0.25) is 0 Å². The SMILES string of the molecule is Cc1cnccc1-c1ccc(C[C@H](NC(=O)C2CCC(CNC(=O)OC(C)(C)C)CC2)C(=O)Nc2ccc3c(=O)[nH][nH]c3c2)cc1. The fourth-order valence-corrected chi connectivity index (χ4v) is 5.87. The lowest BCUT2D eigenvalue weighted by molar-refractivity contribution is -0.130. The van der Waals surface area contributed by atoms with Gasteiger partial charge in [0.2, 0.25) is 11.8 Å². The second kappa shape index (κ2) is 14.0. The summed E-state index contributed by atoms with van der Waals surface area (Å²) >= 11 is 0. The van der Waals surface area contributed by atoms with E-state index in [1.165, 1.54) is 0 Å². The van der Waals surface area contributed by atoms with Crippen LogP contribution in [0.5, 0.6) is 0 Å². The number of anilines is 1. The van der Waals surface area contributed by atoms with Gasteiger partial charge in [-0.1, -0.05) is 24.3 Å². The van der Waals surface area contributed by atoms with Crippen molar-refractivity contribution < 1.29 is 19.1 Å². The number of rotatable bonds is 9. The van der Waals surface area contributed by atoms with Crippen molar-refractivity contribution in [3.05, 3.63) is 82.4 Å². The second-order valence-corrected chi connectivity index (χ2v) is 13.1. The molecule has 0 bridgehead atoms. The van der Waals surface area contributed by atoms with Crippen LogP contribution in [-0.2, 0) is 20.7 Å². The molecule has 5 rings (SSSR count). The minimum Gasteiger partial charge on any atom is -0.444 e. The Morgan fingerprint density at radius 3 is 2.43 bits per heavy atom. The number of H-pyrrole nitrogens is 2. The number of hydrogen-bond donors (Lipinski definition) is 5. The van der Waals surface area contributed by atoms with E-state index < -0.39 is 17.7 Å². The Morgan fingerprint density at radius 1 is 1.00 bits per heavy atom. The highest BCUT2D eigenvalue weighted by atomic mass is 16.6. The van der Waals surface area contributed by atoms with Crippen molar-refractivity contribution in [2.45, 2.75) is 71.4 Å². The van der Waals surface area contributed by atoms with Crippen LogP contribution in [0.4, 0.5) is 10.5 Å². The number of fused-ring (bicyclic) bond motifs is 1. The van der Waals surface area contributed by atoms with Gasteiger partial charge in [-0.05, 0) is 106 Å². The molecule has 0 saturated heterocycles. The maximum Gasteiger partial charge on any atom is 0.407 e. The highest BCUT2D eigenvalue weighted by Crippen LogP contribution is 2.29. The highest BCUT2D eigenvalue weighted by molar-refractivity contribution is 5.99. The van der Waals surface area contributed by atoms with Crippen molar-refractivity contribution in [2.75, 3.05) is 11.9 Å². The first-order valence-corrected chi connectivity index (χ1v) is 15.7. The third kappa shape index (κ3) is 8.41. The van der Waals surface area contributed by atoms with Gasteiger partial charge in [0.1, 0.15) is 11.6 Å². The van der Waals surface area contributed by atoms with E-state index in [1.807, 2.05) is 64.2 Å². The van der Waals surface area contributed by atoms with Gasteiger partial charge in [0.05, 0.1) is 10.9 Å². The molecule has 0 aliphatic heterocycles. The zero-order chi connectivity index (χ0) is 32.8. The van der Waals surface area contributed by atoms with Gasteiger partial charge in [0, 0.05) is 37.0 Å². The Bertz CT molecular complexity index is 1750. The number of alkyl carbamates (subject to hydrolysis) is 1. The number of carbonyl (C=O) groups is 3. The summed E-state index contributed by atoms with van der Waals surface area (Å²) in [5.74, 6) is -0.484. The fraction of sp³-hybridized carbons (Fsp3) is 0.400. The molecule has 1 saturated carbocycles. The number of carbonyl (C=O) groups excluding carboxylic acids is 3. The largest absolute Gasteiger partial charge is 0.444 e. The predicted octanol–water partition coefficient (Wildman–Crippen LogP) is 5.22. The van der Waals surface area contributed by atoms with E-state index in [1.54, 1.807) is 24.4 Å². The molecule has 4 aromatic rings. The first-order chi connectivity index (χ1) is 21.9. The van der Waals surface area contributed by atoms with Crippen LogP contribution in [0.25, 0.3) is 22.0 Å². The van der Waals surface area contributed by atoms with E-state index in [4.69, 9.17) is 4.74 Å². The van der Waals surface area contributed by atoms with Crippen molar-refractivity contribution in [3.8, 4) is 11.1 Å². The molecule has 1 atom stereocenters. The smallest absolute Gasteiger partial charge is 0.407 e. The van der Waals surface area contributed by atoms with Gasteiger partial charge in [0.15, 0.2) is 0 Å². The molecule has 2 aromatic carbocycles. The summed E-state index contributed by atoms with van der Waals surface area (Å²) in [5.41, 5.74) is 4.38. The molecular formula is C35H42N6O5. The minimum atomic E-state index is -0.825. The maximum absolute atomic E-state index is 13.6. The van der Waals surface area contributed by atoms with Gasteiger partial charge in [0.25, 0.3) is 5.56 Å². The molecule has 0 unspecified atom stereocenters. The molecule has 1 aliphatic carbocycles. The fourth-order valence-electron chi connectivity index (χ4n) is 5.87. The van der Waals surface area contributed by atoms with Crippen molar-refractivity contribution in [1.29, 1.82) is 0 Å². The molecule has 1 aliphatic rings. The molecule has 242 valence electrons. The number of pyridine rings is 1. The Kier molecular flexibility index (Phi) is 9.89. The number of ether oxygens (including phenoxy) is 1. The number of aromatic amines is 2. The molecule has 11 heteroatoms. The summed E-state index contributed by atoms with van der Waals surface area (Å²) < 4.78 is 5.33. The Labute approximate surface area is 267 Å². The lowest BCUT2D eigenvalue weighted by atomic mass is 9.81. The van der Waals surface area contributed by atoms with Crippen LogP contribution in [-0.4, -0.2) is 51.3 Å². The van der Waals surface area contributed by atoms with Crippen molar-refractivity contribution in [2.24, 2.45) is 11.8 Å². The first-order valence-electron chi connectivity index (χ1n) is 15.7. The number of nitrogens with one attached hydrogen (secondary N) is 5. The third-order valence-corrected chi connectivity index (χ3v) is 8.35. The number of aryl methyl sites for hydroxylation is 1. The van der Waals surface area contributed by atoms with E-state index in [-0.39, 0.29) is 29.2 Å². The van der Waals surface area contributed by atoms with Crippen LogP contribution in [0.1, 0.15) is 57.6 Å². The van der Waals surface area contributed by atoms with Gasteiger partial charge in [-0.25, -0.2) is 4.79 Å². The number of hydrogen-bond acceptors (Lipinski definition) is 6. The Morgan fingerprint density at radius 2 is 1.74 bits per heavy atom. The molecule has 0 spiro atoms. The number of amides is 3. The zero-order valence-corrected chi connectivity index (χ0v) is 26.7. The average molecular weight is 627 g/mol. The van der Waals surface area contributed by atoms with E-state index in [0.29, 0.717) is 42.4 Å². The zero-order valence-electron chi connectivity index (χ0n) is 26.7. The van der Waals surface area contributed by atoms with Gasteiger partial charge < -0.3 is 20.7 Å². The first kappa shape index (κ1) is 32.5. The summed E-state index contributed by atoms with van der Waals surface area (Å²) in [7, 11) is 0. The Balaban J connectivity index is 1.25. The summed E-state index contributed by atoms with van der Waals surface area (Å²) in [6.07, 6.45) is 6.35. The lowest BCUT2D eigenvalue weighted by Gasteiger charge is -2.29. The topological polar surface area (TPSA) is 158 Å². The van der Waals surface area contributed by atoms with Gasteiger partial charge >= 0.3 is 6.09 Å². The van der Waals surface area contributed by atoms with Crippen LogP contribution in [0, 0.1) is 18.8 Å². The van der Waals surface area contributed by atoms with E-state index in [0.717, 1.165) is 35.1 Å². The summed E-state index contributed by atoms with van der Waals surface area (Å²) in [6.45, 7) is 7.98. The third-order valence-electron chi connectivity index (χ3n) is 8.35. The minimum absolute atomic E-state index is 0.159. The van der Waals surface area contributed by atoms with Crippen molar-refractivity contribution in [3.63, 3.8) is 0 Å². The van der Waals surface area contributed by atoms with E-state index >= 15 is 0 Å². The van der Waals surface area contributed by atoms with Crippen LogP contribution < -0.4 is 21.5 Å². The molecule has 5 N–H and O–H groups in total. The number of benzene rings is 2. The summed E-state index contributed by atoms with van der Waals surface area (Å²) in [5, 5.41) is 14.6. The molecule has 0 radical (unpaired) electrons. The molecule has 3 amide bonds. The van der Waals surface area contributed by atoms with Gasteiger partial charge in [-0.2, -0.15) is 0 Å². The van der Waals surface area contributed by atoms with Crippen LogP contribution >= 0.6 is 0 Å². The van der Waals surface area contributed by atoms with E-state index in [9.17, 15) is 19.2 Å². The summed E-state index contributed by atoms with van der Waals surface area (Å²) in [4.78, 5) is 55.3. The standard InChI is InChI=1S/C35H42N6O5/c1-21-19-36-16-15-27(21)24-9-5-22(6-10-24)17-30(33(44)38-26-13-14-28-29(18-26)40-41-32(28)43)39-31(42)25-11-7-23(8-12-25)20-37-34(45)46-35(2,3)4/h5-6,9-10,13-16,18-19,23,25,30H,7-8,11-12,17,20H2,1-4H3,(H,37,45)(H,38,44)(H,39,42)(H2,40,41,43)/t23?,25?,30-/m0/s1. The average Bonchev–Trinajstić information content (AvgIpc) is 3.39. The van der Waals surface area contributed by atoms with Crippen LogP contribution in [0.15, 0.2) is 65.7 Å². The van der Waals surface area contributed by atoms with Gasteiger partial charge in [-0.3, -0.25) is 29.6 Å². The molecule has 11 nitrogen and oxygen atoms in total. The molecule has 2 aromatic heterocycles. The predicted molar refractivity (Wildman–Crippen MR) is 177 cm³/mol. The van der Waals surface area contributed by atoms with Crippen molar-refractivity contribution >= 4 is 34.5 Å².